The summed E-state index contributed by atoms with van der Waals surface area (Å²) in [4.78, 5) is 4.90. The summed E-state index contributed by atoms with van der Waals surface area (Å²) in [5, 5.41) is 0. The molecule has 0 spiro atoms. The standard InChI is InChI=1S/C16H27N3/c1-13(17)16(14-7-5-4-6-8-14)19-11-9-15(10-12-19)18(2)3/h4-8,13,15-16H,9-12,17H2,1-3H3. The average molecular weight is 261 g/mol. The zero-order valence-electron chi connectivity index (χ0n) is 12.4. The van der Waals surface area contributed by atoms with Gasteiger partial charge in [-0.15, -0.1) is 0 Å². The number of piperidine rings is 1. The van der Waals surface area contributed by atoms with E-state index in [2.05, 4.69) is 61.2 Å². The first-order valence-corrected chi connectivity index (χ1v) is 7.30. The third-order valence-electron chi connectivity index (χ3n) is 4.26. The second kappa shape index (κ2) is 6.51. The number of likely N-dealkylation sites (tertiary alicyclic amines) is 1. The van der Waals surface area contributed by atoms with E-state index in [1.54, 1.807) is 0 Å². The maximum atomic E-state index is 6.24. The molecule has 1 heterocycles. The fraction of sp³-hybridized carbons (Fsp3) is 0.625. The highest BCUT2D eigenvalue weighted by atomic mass is 15.2. The molecule has 0 aliphatic carbocycles. The molecule has 0 aromatic heterocycles. The van der Waals surface area contributed by atoms with Gasteiger partial charge in [-0.05, 0) is 39.4 Å². The molecule has 106 valence electrons. The highest BCUT2D eigenvalue weighted by Crippen LogP contribution is 2.27. The summed E-state index contributed by atoms with van der Waals surface area (Å²) >= 11 is 0. The molecule has 3 heteroatoms. The molecule has 1 aliphatic rings. The van der Waals surface area contributed by atoms with Gasteiger partial charge < -0.3 is 10.6 Å². The van der Waals surface area contributed by atoms with Gasteiger partial charge >= 0.3 is 0 Å². The SMILES string of the molecule is CC(N)C(c1ccccc1)N1CCC(N(C)C)CC1. The Morgan fingerprint density at radius 2 is 1.74 bits per heavy atom. The fourth-order valence-corrected chi connectivity index (χ4v) is 3.18. The van der Waals surface area contributed by atoms with Crippen LogP contribution in [0.2, 0.25) is 0 Å². The minimum absolute atomic E-state index is 0.165. The lowest BCUT2D eigenvalue weighted by atomic mass is 9.95. The molecule has 1 saturated heterocycles. The number of rotatable bonds is 4. The van der Waals surface area contributed by atoms with Crippen molar-refractivity contribution in [3.05, 3.63) is 35.9 Å². The van der Waals surface area contributed by atoms with E-state index < -0.39 is 0 Å². The van der Waals surface area contributed by atoms with E-state index in [4.69, 9.17) is 5.73 Å². The molecule has 2 N–H and O–H groups in total. The van der Waals surface area contributed by atoms with Gasteiger partial charge in [-0.3, -0.25) is 4.90 Å². The summed E-state index contributed by atoms with van der Waals surface area (Å²) in [6, 6.07) is 11.9. The molecule has 2 rings (SSSR count). The normalized spacial score (nSPS) is 21.5. The van der Waals surface area contributed by atoms with Crippen LogP contribution in [-0.2, 0) is 0 Å². The van der Waals surface area contributed by atoms with Crippen molar-refractivity contribution in [3.63, 3.8) is 0 Å². The second-order valence-electron chi connectivity index (χ2n) is 5.95. The first kappa shape index (κ1) is 14.5. The maximum absolute atomic E-state index is 6.24. The molecule has 0 amide bonds. The lowest BCUT2D eigenvalue weighted by Crippen LogP contribution is -2.47. The van der Waals surface area contributed by atoms with Crippen molar-refractivity contribution >= 4 is 0 Å². The van der Waals surface area contributed by atoms with Crippen LogP contribution in [0.4, 0.5) is 0 Å². The Kier molecular flexibility index (Phi) is 4.97. The molecule has 19 heavy (non-hydrogen) atoms. The van der Waals surface area contributed by atoms with Gasteiger partial charge in [0.15, 0.2) is 0 Å². The van der Waals surface area contributed by atoms with Crippen molar-refractivity contribution in [3.8, 4) is 0 Å². The van der Waals surface area contributed by atoms with Gasteiger partial charge in [0.05, 0.1) is 0 Å². The molecule has 2 atom stereocenters. The molecule has 2 unspecified atom stereocenters. The van der Waals surface area contributed by atoms with Crippen LogP contribution >= 0.6 is 0 Å². The van der Waals surface area contributed by atoms with Crippen LogP contribution in [0.5, 0.6) is 0 Å². The number of benzene rings is 1. The molecule has 1 aromatic carbocycles. The van der Waals surface area contributed by atoms with Crippen LogP contribution in [0.3, 0.4) is 0 Å². The molecule has 3 nitrogen and oxygen atoms in total. The van der Waals surface area contributed by atoms with Crippen LogP contribution in [-0.4, -0.2) is 49.1 Å². The molecular formula is C16H27N3. The van der Waals surface area contributed by atoms with Crippen molar-refractivity contribution in [1.29, 1.82) is 0 Å². The minimum atomic E-state index is 0.165. The Bertz CT molecular complexity index is 367. The van der Waals surface area contributed by atoms with Crippen molar-refractivity contribution in [2.45, 2.75) is 37.9 Å². The van der Waals surface area contributed by atoms with Crippen molar-refractivity contribution in [1.82, 2.24) is 9.80 Å². The summed E-state index contributed by atoms with van der Waals surface area (Å²) in [6.45, 7) is 4.41. The van der Waals surface area contributed by atoms with Crippen LogP contribution < -0.4 is 5.73 Å². The predicted octanol–water partition coefficient (Wildman–Crippen LogP) is 2.10. The van der Waals surface area contributed by atoms with E-state index >= 15 is 0 Å². The highest BCUT2D eigenvalue weighted by Gasteiger charge is 2.28. The Hall–Kier alpha value is -0.900. The number of nitrogens with two attached hydrogens (primary N) is 1. The lowest BCUT2D eigenvalue weighted by molar-refractivity contribution is 0.0983. The Morgan fingerprint density at radius 1 is 1.16 bits per heavy atom. The van der Waals surface area contributed by atoms with E-state index in [1.165, 1.54) is 18.4 Å². The van der Waals surface area contributed by atoms with Gasteiger partial charge in [0.25, 0.3) is 0 Å². The largest absolute Gasteiger partial charge is 0.326 e. The smallest absolute Gasteiger partial charge is 0.0496 e. The first-order valence-electron chi connectivity index (χ1n) is 7.30. The zero-order chi connectivity index (χ0) is 13.8. The Balaban J connectivity index is 2.06. The molecule has 1 fully saturated rings. The molecule has 1 aliphatic heterocycles. The van der Waals surface area contributed by atoms with E-state index in [0.717, 1.165) is 19.1 Å². The number of hydrogen-bond acceptors (Lipinski definition) is 3. The van der Waals surface area contributed by atoms with Gasteiger partial charge in [-0.25, -0.2) is 0 Å². The summed E-state index contributed by atoms with van der Waals surface area (Å²) in [5.74, 6) is 0. The topological polar surface area (TPSA) is 32.5 Å². The van der Waals surface area contributed by atoms with Crippen molar-refractivity contribution < 1.29 is 0 Å². The monoisotopic (exact) mass is 261 g/mol. The zero-order valence-corrected chi connectivity index (χ0v) is 12.4. The van der Waals surface area contributed by atoms with Gasteiger partial charge in [-0.1, -0.05) is 30.3 Å². The van der Waals surface area contributed by atoms with E-state index in [0.29, 0.717) is 6.04 Å². The summed E-state index contributed by atoms with van der Waals surface area (Å²) < 4.78 is 0. The number of nitrogens with zero attached hydrogens (tertiary/aromatic N) is 2. The van der Waals surface area contributed by atoms with Crippen LogP contribution in [0.1, 0.15) is 31.4 Å². The predicted molar refractivity (Wildman–Crippen MR) is 81.1 cm³/mol. The third-order valence-corrected chi connectivity index (χ3v) is 4.26. The molecule has 0 saturated carbocycles. The molecule has 1 aromatic rings. The second-order valence-corrected chi connectivity index (χ2v) is 5.95. The Morgan fingerprint density at radius 3 is 2.21 bits per heavy atom. The van der Waals surface area contributed by atoms with Gasteiger partial charge in [0.2, 0.25) is 0 Å². The van der Waals surface area contributed by atoms with E-state index in [9.17, 15) is 0 Å². The van der Waals surface area contributed by atoms with Crippen LogP contribution in [0.25, 0.3) is 0 Å². The van der Waals surface area contributed by atoms with Crippen LogP contribution in [0, 0.1) is 0 Å². The minimum Gasteiger partial charge on any atom is -0.326 e. The first-order chi connectivity index (χ1) is 9.09. The molecular weight excluding hydrogens is 234 g/mol. The quantitative estimate of drug-likeness (QED) is 0.901. The highest BCUT2D eigenvalue weighted by molar-refractivity contribution is 5.20. The summed E-state index contributed by atoms with van der Waals surface area (Å²) in [6.07, 6.45) is 2.48. The van der Waals surface area contributed by atoms with Crippen molar-refractivity contribution in [2.75, 3.05) is 27.2 Å². The maximum Gasteiger partial charge on any atom is 0.0496 e. The summed E-state index contributed by atoms with van der Waals surface area (Å²) in [5.41, 5.74) is 7.59. The molecule has 0 bridgehead atoms. The van der Waals surface area contributed by atoms with E-state index in [1.807, 2.05) is 0 Å². The Labute approximate surface area is 117 Å². The van der Waals surface area contributed by atoms with Gasteiger partial charge in [0.1, 0.15) is 0 Å². The fourth-order valence-electron chi connectivity index (χ4n) is 3.18. The van der Waals surface area contributed by atoms with Crippen molar-refractivity contribution in [2.24, 2.45) is 5.73 Å². The third kappa shape index (κ3) is 3.56. The number of hydrogen-bond donors (Lipinski definition) is 1. The van der Waals surface area contributed by atoms with Crippen LogP contribution in [0.15, 0.2) is 30.3 Å². The van der Waals surface area contributed by atoms with Gasteiger partial charge in [0, 0.05) is 31.2 Å². The lowest BCUT2D eigenvalue weighted by Gasteiger charge is -2.41. The average Bonchev–Trinajstić information content (AvgIpc) is 2.40. The molecule has 0 radical (unpaired) electrons. The van der Waals surface area contributed by atoms with E-state index in [-0.39, 0.29) is 6.04 Å². The summed E-state index contributed by atoms with van der Waals surface area (Å²) in [7, 11) is 4.36. The van der Waals surface area contributed by atoms with Gasteiger partial charge in [-0.2, -0.15) is 0 Å².